The SMILES string of the molecule is CSc1nc(-c2cc(Cl)ccc2OCc2cc(F)cc(F)c2)c(C#N)c(=O)[nH]1. The first-order valence-corrected chi connectivity index (χ1v) is 9.47. The normalized spacial score (nSPS) is 10.5. The molecule has 1 aromatic heterocycles. The Balaban J connectivity index is 2.06. The molecule has 0 aliphatic rings. The molecule has 0 bridgehead atoms. The maximum absolute atomic E-state index is 13.4. The number of nitriles is 1. The highest BCUT2D eigenvalue weighted by Gasteiger charge is 2.18. The van der Waals surface area contributed by atoms with Crippen molar-refractivity contribution in [3.8, 4) is 23.1 Å². The Morgan fingerprint density at radius 3 is 2.61 bits per heavy atom. The van der Waals surface area contributed by atoms with Crippen LogP contribution in [-0.4, -0.2) is 16.2 Å². The molecule has 1 N–H and O–H groups in total. The van der Waals surface area contributed by atoms with Gasteiger partial charge >= 0.3 is 0 Å². The van der Waals surface area contributed by atoms with Crippen molar-refractivity contribution in [2.75, 3.05) is 6.26 Å². The quantitative estimate of drug-likeness (QED) is 0.485. The summed E-state index contributed by atoms with van der Waals surface area (Å²) in [6.45, 7) is -0.135. The molecule has 0 unspecified atom stereocenters. The Bertz CT molecular complexity index is 1120. The summed E-state index contributed by atoms with van der Waals surface area (Å²) in [5.41, 5.74) is -0.0693. The van der Waals surface area contributed by atoms with E-state index in [0.717, 1.165) is 18.2 Å². The van der Waals surface area contributed by atoms with Crippen molar-refractivity contribution in [1.29, 1.82) is 5.26 Å². The number of nitrogens with zero attached hydrogens (tertiary/aromatic N) is 2. The Kier molecular flexibility index (Phi) is 5.97. The van der Waals surface area contributed by atoms with Crippen molar-refractivity contribution >= 4 is 23.4 Å². The number of halogens is 3. The number of H-pyrrole nitrogens is 1. The molecule has 0 spiro atoms. The summed E-state index contributed by atoms with van der Waals surface area (Å²) in [4.78, 5) is 19.0. The smallest absolute Gasteiger partial charge is 0.270 e. The second-order valence-electron chi connectivity index (χ2n) is 5.62. The largest absolute Gasteiger partial charge is 0.488 e. The number of ether oxygens (including phenoxy) is 1. The van der Waals surface area contributed by atoms with Crippen LogP contribution in [0.4, 0.5) is 8.78 Å². The lowest BCUT2D eigenvalue weighted by Gasteiger charge is -2.13. The van der Waals surface area contributed by atoms with Gasteiger partial charge in [0, 0.05) is 16.7 Å². The van der Waals surface area contributed by atoms with Gasteiger partial charge in [-0.25, -0.2) is 13.8 Å². The molecule has 2 aromatic carbocycles. The molecule has 142 valence electrons. The fourth-order valence-electron chi connectivity index (χ4n) is 2.52. The first-order valence-electron chi connectivity index (χ1n) is 7.87. The van der Waals surface area contributed by atoms with Gasteiger partial charge in [0.2, 0.25) is 0 Å². The van der Waals surface area contributed by atoms with Gasteiger partial charge in [0.25, 0.3) is 5.56 Å². The van der Waals surface area contributed by atoms with Crippen LogP contribution in [0.1, 0.15) is 11.1 Å². The molecular formula is C19H12ClF2N3O2S. The number of thioether (sulfide) groups is 1. The van der Waals surface area contributed by atoms with Crippen molar-refractivity contribution in [3.05, 3.63) is 74.5 Å². The van der Waals surface area contributed by atoms with E-state index >= 15 is 0 Å². The van der Waals surface area contributed by atoms with Crippen LogP contribution < -0.4 is 10.3 Å². The van der Waals surface area contributed by atoms with Gasteiger partial charge in [-0.05, 0) is 42.2 Å². The zero-order valence-electron chi connectivity index (χ0n) is 14.4. The summed E-state index contributed by atoms with van der Waals surface area (Å²) in [6, 6.07) is 9.50. The number of aromatic nitrogens is 2. The molecule has 0 amide bonds. The summed E-state index contributed by atoms with van der Waals surface area (Å²) in [7, 11) is 0. The van der Waals surface area contributed by atoms with Crippen molar-refractivity contribution in [2.45, 2.75) is 11.8 Å². The third kappa shape index (κ3) is 4.32. The Morgan fingerprint density at radius 2 is 1.96 bits per heavy atom. The van der Waals surface area contributed by atoms with Crippen molar-refractivity contribution in [3.63, 3.8) is 0 Å². The predicted molar refractivity (Wildman–Crippen MR) is 102 cm³/mol. The topological polar surface area (TPSA) is 78.8 Å². The molecule has 0 atom stereocenters. The van der Waals surface area contributed by atoms with Crippen LogP contribution in [0.5, 0.6) is 5.75 Å². The van der Waals surface area contributed by atoms with Crippen molar-refractivity contribution < 1.29 is 13.5 Å². The van der Waals surface area contributed by atoms with Crippen molar-refractivity contribution in [2.24, 2.45) is 0 Å². The second-order valence-corrected chi connectivity index (χ2v) is 6.85. The van der Waals surface area contributed by atoms with Crippen LogP contribution in [0.15, 0.2) is 46.3 Å². The van der Waals surface area contributed by atoms with Gasteiger partial charge in [-0.15, -0.1) is 0 Å². The second kappa shape index (κ2) is 8.42. The average Bonchev–Trinajstić information content (AvgIpc) is 2.65. The predicted octanol–water partition coefficient (Wildman–Crippen LogP) is 4.54. The first kappa shape index (κ1) is 19.9. The molecule has 0 saturated heterocycles. The van der Waals surface area contributed by atoms with Gasteiger partial charge in [-0.3, -0.25) is 4.79 Å². The monoisotopic (exact) mass is 419 g/mol. The molecule has 3 aromatic rings. The zero-order chi connectivity index (χ0) is 20.3. The van der Waals surface area contributed by atoms with E-state index in [0.29, 0.717) is 15.7 Å². The highest BCUT2D eigenvalue weighted by atomic mass is 35.5. The van der Waals surface area contributed by atoms with Gasteiger partial charge in [0.05, 0.1) is 0 Å². The summed E-state index contributed by atoms with van der Waals surface area (Å²) in [6.07, 6.45) is 1.72. The first-order chi connectivity index (χ1) is 13.4. The van der Waals surface area contributed by atoms with Crippen LogP contribution in [-0.2, 0) is 6.61 Å². The Morgan fingerprint density at radius 1 is 1.25 bits per heavy atom. The minimum Gasteiger partial charge on any atom is -0.488 e. The molecule has 1 heterocycles. The highest BCUT2D eigenvalue weighted by molar-refractivity contribution is 7.98. The lowest BCUT2D eigenvalue weighted by Crippen LogP contribution is -2.15. The molecule has 28 heavy (non-hydrogen) atoms. The van der Waals surface area contributed by atoms with Crippen molar-refractivity contribution in [1.82, 2.24) is 9.97 Å². The van der Waals surface area contributed by atoms with Crippen LogP contribution in [0.25, 0.3) is 11.3 Å². The molecule has 0 aliphatic carbocycles. The van der Waals surface area contributed by atoms with E-state index in [9.17, 15) is 18.8 Å². The minimum atomic E-state index is -0.720. The molecule has 0 saturated carbocycles. The van der Waals surface area contributed by atoms with E-state index in [-0.39, 0.29) is 29.2 Å². The van der Waals surface area contributed by atoms with Crippen LogP contribution in [0.3, 0.4) is 0 Å². The molecule has 3 rings (SSSR count). The van der Waals surface area contributed by atoms with Gasteiger partial charge in [0.15, 0.2) is 5.16 Å². The molecule has 9 heteroatoms. The summed E-state index contributed by atoms with van der Waals surface area (Å²) in [5, 5.41) is 10.0. The van der Waals surface area contributed by atoms with Crippen LogP contribution >= 0.6 is 23.4 Å². The fraction of sp³-hybridized carbons (Fsp3) is 0.105. The summed E-state index contributed by atoms with van der Waals surface area (Å²) in [5.74, 6) is -1.18. The Labute approximate surface area is 168 Å². The van der Waals surface area contributed by atoms with E-state index in [2.05, 4.69) is 9.97 Å². The number of aromatic amines is 1. The standard InChI is InChI=1S/C19H12ClF2N3O2S/c1-28-19-24-17(15(8-23)18(26)25-19)14-6-11(20)2-3-16(14)27-9-10-4-12(21)7-13(22)5-10/h2-7H,9H2,1H3,(H,24,25,26). The van der Waals surface area contributed by atoms with E-state index in [1.165, 1.54) is 23.9 Å². The zero-order valence-corrected chi connectivity index (χ0v) is 16.0. The average molecular weight is 420 g/mol. The maximum Gasteiger partial charge on any atom is 0.270 e. The number of hydrogen-bond acceptors (Lipinski definition) is 5. The maximum atomic E-state index is 13.4. The van der Waals surface area contributed by atoms with Gasteiger partial charge in [0.1, 0.15) is 41.3 Å². The van der Waals surface area contributed by atoms with E-state index < -0.39 is 17.2 Å². The van der Waals surface area contributed by atoms with E-state index in [1.807, 2.05) is 6.07 Å². The summed E-state index contributed by atoms with van der Waals surface area (Å²) < 4.78 is 32.5. The highest BCUT2D eigenvalue weighted by Crippen LogP contribution is 2.33. The molecule has 0 radical (unpaired) electrons. The minimum absolute atomic E-state index is 0.110. The molecule has 5 nitrogen and oxygen atoms in total. The van der Waals surface area contributed by atoms with E-state index in [4.69, 9.17) is 16.3 Å². The van der Waals surface area contributed by atoms with Gasteiger partial charge < -0.3 is 9.72 Å². The van der Waals surface area contributed by atoms with Crippen LogP contribution in [0, 0.1) is 23.0 Å². The molecular weight excluding hydrogens is 408 g/mol. The van der Waals surface area contributed by atoms with Gasteiger partial charge in [-0.2, -0.15) is 5.26 Å². The van der Waals surface area contributed by atoms with Gasteiger partial charge in [-0.1, -0.05) is 23.4 Å². The number of rotatable bonds is 5. The third-order valence-corrected chi connectivity index (χ3v) is 4.53. The Hall–Kier alpha value is -2.89. The third-order valence-electron chi connectivity index (χ3n) is 3.72. The lowest BCUT2D eigenvalue weighted by molar-refractivity contribution is 0.306. The lowest BCUT2D eigenvalue weighted by atomic mass is 10.1. The van der Waals surface area contributed by atoms with Crippen LogP contribution in [0.2, 0.25) is 5.02 Å². The number of nitrogens with one attached hydrogen (secondary N) is 1. The molecule has 0 aliphatic heterocycles. The number of benzene rings is 2. The summed E-state index contributed by atoms with van der Waals surface area (Å²) >= 11 is 7.28. The number of hydrogen-bond donors (Lipinski definition) is 1. The van der Waals surface area contributed by atoms with E-state index in [1.54, 1.807) is 12.3 Å². The fourth-order valence-corrected chi connectivity index (χ4v) is 3.07. The molecule has 0 fully saturated rings.